The lowest BCUT2D eigenvalue weighted by atomic mass is 9.86. The van der Waals surface area contributed by atoms with Crippen LogP contribution in [0.25, 0.3) is 0 Å². The van der Waals surface area contributed by atoms with E-state index in [-0.39, 0.29) is 29.9 Å². The van der Waals surface area contributed by atoms with E-state index in [1.54, 1.807) is 6.92 Å². The minimum Gasteiger partial charge on any atom is -0.356 e. The Morgan fingerprint density at radius 3 is 2.31 bits per heavy atom. The van der Waals surface area contributed by atoms with E-state index >= 15 is 0 Å². The maximum atomic E-state index is 11.3. The molecule has 0 atom stereocenters. The van der Waals surface area contributed by atoms with E-state index in [9.17, 15) is 4.79 Å². The van der Waals surface area contributed by atoms with Crippen LogP contribution < -0.4 is 10.6 Å². The lowest BCUT2D eigenvalue weighted by Gasteiger charge is -2.34. The molecule has 1 heterocycles. The molecule has 2 fully saturated rings. The molecule has 1 saturated carbocycles. The van der Waals surface area contributed by atoms with Gasteiger partial charge < -0.3 is 15.5 Å². The fourth-order valence-corrected chi connectivity index (χ4v) is 3.91. The van der Waals surface area contributed by atoms with Crippen molar-refractivity contribution in [1.29, 1.82) is 0 Å². The fourth-order valence-electron chi connectivity index (χ4n) is 3.91. The SMILES string of the molecule is CN=C(NCCCC1CCCCC1)NCCN1CCN(C(C)=O)CC1.I. The minimum absolute atomic E-state index is 0. The molecule has 6 nitrogen and oxygen atoms in total. The summed E-state index contributed by atoms with van der Waals surface area (Å²) in [4.78, 5) is 20.0. The first-order valence-corrected chi connectivity index (χ1v) is 10.1. The number of halogens is 1. The molecule has 1 aliphatic carbocycles. The predicted octanol–water partition coefficient (Wildman–Crippen LogP) is 2.29. The summed E-state index contributed by atoms with van der Waals surface area (Å²) in [6, 6.07) is 0. The number of rotatable bonds is 7. The highest BCUT2D eigenvalue weighted by Gasteiger charge is 2.18. The van der Waals surface area contributed by atoms with Crippen LogP contribution in [-0.4, -0.2) is 74.5 Å². The summed E-state index contributed by atoms with van der Waals surface area (Å²) in [6.07, 6.45) is 9.76. The molecule has 0 radical (unpaired) electrons. The maximum Gasteiger partial charge on any atom is 0.219 e. The van der Waals surface area contributed by atoms with Crippen molar-refractivity contribution >= 4 is 35.8 Å². The van der Waals surface area contributed by atoms with Crippen molar-refractivity contribution in [2.75, 3.05) is 52.9 Å². The van der Waals surface area contributed by atoms with Gasteiger partial charge in [0.1, 0.15) is 0 Å². The number of hydrogen-bond donors (Lipinski definition) is 2. The Balaban J connectivity index is 0.00000338. The number of hydrogen-bond acceptors (Lipinski definition) is 3. The fraction of sp³-hybridized carbons (Fsp3) is 0.895. The zero-order chi connectivity index (χ0) is 17.9. The molecule has 0 bridgehead atoms. The van der Waals surface area contributed by atoms with Gasteiger partial charge >= 0.3 is 0 Å². The number of carbonyl (C=O) groups is 1. The van der Waals surface area contributed by atoms with E-state index in [2.05, 4.69) is 20.5 Å². The van der Waals surface area contributed by atoms with Crippen molar-refractivity contribution in [3.8, 4) is 0 Å². The average molecular weight is 479 g/mol. The van der Waals surface area contributed by atoms with Crippen molar-refractivity contribution in [3.63, 3.8) is 0 Å². The summed E-state index contributed by atoms with van der Waals surface area (Å²) in [5.74, 6) is 2.06. The average Bonchev–Trinajstić information content (AvgIpc) is 2.65. The Morgan fingerprint density at radius 2 is 1.69 bits per heavy atom. The number of nitrogens with one attached hydrogen (secondary N) is 2. The molecule has 2 aliphatic rings. The number of piperazine rings is 1. The first-order valence-electron chi connectivity index (χ1n) is 10.1. The standard InChI is InChI=1S/C19H37N5O.HI/c1-17(25)24-15-13-23(14-16-24)12-11-22-19(20-2)21-10-6-9-18-7-4-3-5-8-18;/h18H,3-16H2,1-2H3,(H2,20,21,22);1H. The van der Waals surface area contributed by atoms with Crippen LogP contribution in [-0.2, 0) is 4.79 Å². The van der Waals surface area contributed by atoms with Gasteiger partial charge in [-0.1, -0.05) is 32.1 Å². The lowest BCUT2D eigenvalue weighted by Crippen LogP contribution is -2.50. The largest absolute Gasteiger partial charge is 0.356 e. The van der Waals surface area contributed by atoms with E-state index in [1.165, 1.54) is 44.9 Å². The van der Waals surface area contributed by atoms with Crippen LogP contribution in [0.2, 0.25) is 0 Å². The third-order valence-electron chi connectivity index (χ3n) is 5.57. The van der Waals surface area contributed by atoms with E-state index in [0.29, 0.717) is 0 Å². The summed E-state index contributed by atoms with van der Waals surface area (Å²) >= 11 is 0. The van der Waals surface area contributed by atoms with Crippen molar-refractivity contribution in [3.05, 3.63) is 0 Å². The molecule has 0 unspecified atom stereocenters. The van der Waals surface area contributed by atoms with Gasteiger partial charge in [-0.15, -0.1) is 24.0 Å². The second kappa shape index (κ2) is 13.6. The molecule has 7 heteroatoms. The third-order valence-corrected chi connectivity index (χ3v) is 5.57. The first kappa shape index (κ1) is 23.5. The number of guanidine groups is 1. The summed E-state index contributed by atoms with van der Waals surface area (Å²) < 4.78 is 0. The van der Waals surface area contributed by atoms with Crippen LogP contribution in [0.1, 0.15) is 51.9 Å². The molecule has 2 N–H and O–H groups in total. The zero-order valence-corrected chi connectivity index (χ0v) is 19.0. The summed E-state index contributed by atoms with van der Waals surface area (Å²) in [5.41, 5.74) is 0. The van der Waals surface area contributed by atoms with Gasteiger partial charge in [0.05, 0.1) is 0 Å². The van der Waals surface area contributed by atoms with Gasteiger partial charge in [-0.25, -0.2) is 0 Å². The molecule has 152 valence electrons. The Kier molecular flexibility index (Phi) is 12.3. The van der Waals surface area contributed by atoms with E-state index in [1.807, 2.05) is 11.9 Å². The van der Waals surface area contributed by atoms with Crippen LogP contribution in [0.3, 0.4) is 0 Å². The molecular weight excluding hydrogens is 441 g/mol. The van der Waals surface area contributed by atoms with Gasteiger partial charge in [0.2, 0.25) is 5.91 Å². The van der Waals surface area contributed by atoms with Gasteiger partial charge in [0.15, 0.2) is 5.96 Å². The molecule has 0 spiro atoms. The quantitative estimate of drug-likeness (QED) is 0.255. The van der Waals surface area contributed by atoms with Gasteiger partial charge in [0, 0.05) is 59.8 Å². The molecule has 1 saturated heterocycles. The first-order chi connectivity index (χ1) is 12.2. The number of amides is 1. The van der Waals surface area contributed by atoms with Gasteiger partial charge in [-0.05, 0) is 18.8 Å². The molecule has 0 aromatic carbocycles. The second-order valence-corrected chi connectivity index (χ2v) is 7.42. The summed E-state index contributed by atoms with van der Waals surface area (Å²) in [6.45, 7) is 8.18. The normalized spacial score (nSPS) is 19.8. The number of carbonyl (C=O) groups excluding carboxylic acids is 1. The minimum atomic E-state index is 0. The predicted molar refractivity (Wildman–Crippen MR) is 119 cm³/mol. The van der Waals surface area contributed by atoms with Gasteiger partial charge in [-0.3, -0.25) is 14.7 Å². The highest BCUT2D eigenvalue weighted by atomic mass is 127. The zero-order valence-electron chi connectivity index (χ0n) is 16.6. The Labute approximate surface area is 176 Å². The maximum absolute atomic E-state index is 11.3. The lowest BCUT2D eigenvalue weighted by molar-refractivity contribution is -0.130. The van der Waals surface area contributed by atoms with Crippen LogP contribution in [0, 0.1) is 5.92 Å². The van der Waals surface area contributed by atoms with E-state index in [4.69, 9.17) is 0 Å². The molecule has 0 aromatic rings. The Morgan fingerprint density at radius 1 is 1.04 bits per heavy atom. The molecule has 0 aromatic heterocycles. The van der Waals surface area contributed by atoms with Crippen LogP contribution in [0.4, 0.5) is 0 Å². The topological polar surface area (TPSA) is 60.0 Å². The molecule has 2 rings (SSSR count). The second-order valence-electron chi connectivity index (χ2n) is 7.42. The van der Waals surface area contributed by atoms with Crippen molar-refractivity contribution < 1.29 is 4.79 Å². The highest BCUT2D eigenvalue weighted by Crippen LogP contribution is 2.26. The highest BCUT2D eigenvalue weighted by molar-refractivity contribution is 14.0. The van der Waals surface area contributed by atoms with Gasteiger partial charge in [-0.2, -0.15) is 0 Å². The van der Waals surface area contributed by atoms with Crippen molar-refractivity contribution in [2.24, 2.45) is 10.9 Å². The van der Waals surface area contributed by atoms with Crippen LogP contribution >= 0.6 is 24.0 Å². The summed E-state index contributed by atoms with van der Waals surface area (Å²) in [7, 11) is 1.84. The molecule has 26 heavy (non-hydrogen) atoms. The van der Waals surface area contributed by atoms with E-state index < -0.39 is 0 Å². The monoisotopic (exact) mass is 479 g/mol. The van der Waals surface area contributed by atoms with Crippen molar-refractivity contribution in [2.45, 2.75) is 51.9 Å². The number of aliphatic imine (C=N–C) groups is 1. The van der Waals surface area contributed by atoms with Crippen molar-refractivity contribution in [1.82, 2.24) is 20.4 Å². The Bertz CT molecular complexity index is 418. The van der Waals surface area contributed by atoms with E-state index in [0.717, 1.165) is 57.7 Å². The third kappa shape index (κ3) is 8.88. The van der Waals surface area contributed by atoms with Gasteiger partial charge in [0.25, 0.3) is 0 Å². The molecular formula is C19H38IN5O. The molecule has 1 amide bonds. The smallest absolute Gasteiger partial charge is 0.219 e. The number of nitrogens with zero attached hydrogens (tertiary/aromatic N) is 3. The Hall–Kier alpha value is -0.570. The summed E-state index contributed by atoms with van der Waals surface area (Å²) in [5, 5.41) is 6.84. The molecule has 1 aliphatic heterocycles. The van der Waals surface area contributed by atoms with Crippen LogP contribution in [0.15, 0.2) is 4.99 Å². The van der Waals surface area contributed by atoms with Crippen LogP contribution in [0.5, 0.6) is 0 Å².